The number of H-pyrrole nitrogens is 1. The summed E-state index contributed by atoms with van der Waals surface area (Å²) in [4.78, 5) is 30.1. The van der Waals surface area contributed by atoms with Crippen LogP contribution in [0.25, 0.3) is 11.3 Å². The summed E-state index contributed by atoms with van der Waals surface area (Å²) in [6.07, 6.45) is 1.89. The summed E-state index contributed by atoms with van der Waals surface area (Å²) in [7, 11) is 1.58. The molecule has 1 aromatic carbocycles. The minimum Gasteiger partial charge on any atom is -0.497 e. The summed E-state index contributed by atoms with van der Waals surface area (Å²) in [5.41, 5.74) is 0.859. The number of aromatic amines is 1. The van der Waals surface area contributed by atoms with Crippen molar-refractivity contribution >= 4 is 5.91 Å². The van der Waals surface area contributed by atoms with Crippen molar-refractivity contribution in [3.63, 3.8) is 0 Å². The van der Waals surface area contributed by atoms with Crippen LogP contribution in [0.2, 0.25) is 0 Å². The molecule has 0 saturated carbocycles. The van der Waals surface area contributed by atoms with Gasteiger partial charge in [0.25, 0.3) is 5.91 Å². The van der Waals surface area contributed by atoms with Gasteiger partial charge < -0.3 is 15.0 Å². The molecular formula is C16H19N3O3. The predicted octanol–water partition coefficient (Wildman–Crippen LogP) is 1.98. The van der Waals surface area contributed by atoms with Crippen LogP contribution in [-0.4, -0.2) is 29.5 Å². The van der Waals surface area contributed by atoms with Crippen molar-refractivity contribution in [3.8, 4) is 17.0 Å². The van der Waals surface area contributed by atoms with Crippen molar-refractivity contribution in [2.24, 2.45) is 0 Å². The third-order valence-electron chi connectivity index (χ3n) is 3.19. The fourth-order valence-corrected chi connectivity index (χ4v) is 1.96. The first-order chi connectivity index (χ1) is 10.6. The first kappa shape index (κ1) is 15.8. The molecule has 2 rings (SSSR count). The van der Waals surface area contributed by atoms with Gasteiger partial charge in [-0.05, 0) is 36.8 Å². The Morgan fingerprint density at radius 1 is 1.32 bits per heavy atom. The first-order valence-electron chi connectivity index (χ1n) is 7.18. The highest BCUT2D eigenvalue weighted by atomic mass is 16.5. The highest BCUT2D eigenvalue weighted by Gasteiger charge is 2.10. The van der Waals surface area contributed by atoms with E-state index in [4.69, 9.17) is 4.74 Å². The molecule has 0 bridgehead atoms. The van der Waals surface area contributed by atoms with E-state index < -0.39 is 5.69 Å². The van der Waals surface area contributed by atoms with E-state index in [2.05, 4.69) is 15.3 Å². The van der Waals surface area contributed by atoms with E-state index in [0.29, 0.717) is 18.0 Å². The van der Waals surface area contributed by atoms with Gasteiger partial charge in [0.05, 0.1) is 12.8 Å². The highest BCUT2D eigenvalue weighted by Crippen LogP contribution is 2.20. The average molecular weight is 301 g/mol. The predicted molar refractivity (Wildman–Crippen MR) is 84.1 cm³/mol. The maximum atomic E-state index is 12.0. The Hall–Kier alpha value is -2.63. The number of ether oxygens (including phenoxy) is 1. The Balaban J connectivity index is 2.25. The fourth-order valence-electron chi connectivity index (χ4n) is 1.96. The summed E-state index contributed by atoms with van der Waals surface area (Å²) < 4.78 is 5.09. The quantitative estimate of drug-likeness (QED) is 0.799. The number of methoxy groups -OCH3 is 1. The molecule has 0 aliphatic carbocycles. The lowest BCUT2D eigenvalue weighted by Gasteiger charge is -2.06. The molecule has 0 saturated heterocycles. The molecule has 0 radical (unpaired) electrons. The zero-order valence-electron chi connectivity index (χ0n) is 12.7. The minimum absolute atomic E-state index is 0.210. The number of hydrogen-bond acceptors (Lipinski definition) is 4. The zero-order valence-corrected chi connectivity index (χ0v) is 12.7. The Morgan fingerprint density at radius 2 is 2.05 bits per heavy atom. The van der Waals surface area contributed by atoms with E-state index in [0.717, 1.165) is 18.4 Å². The number of rotatable bonds is 6. The molecule has 2 N–H and O–H groups in total. The Kier molecular flexibility index (Phi) is 5.30. The summed E-state index contributed by atoms with van der Waals surface area (Å²) >= 11 is 0. The lowest BCUT2D eigenvalue weighted by molar-refractivity contribution is 0.0947. The second-order valence-electron chi connectivity index (χ2n) is 4.82. The molecule has 0 fully saturated rings. The standard InChI is InChI=1S/C16H19N3O3/c1-3-4-9-17-15(20)14-10-13(18-16(21)19-14)11-5-7-12(22-2)8-6-11/h5-8,10H,3-4,9H2,1-2H3,(H,17,20)(H,18,19,21). The first-order valence-corrected chi connectivity index (χ1v) is 7.18. The van der Waals surface area contributed by atoms with Gasteiger partial charge in [-0.3, -0.25) is 4.79 Å². The largest absolute Gasteiger partial charge is 0.497 e. The molecule has 116 valence electrons. The molecule has 0 aliphatic rings. The lowest BCUT2D eigenvalue weighted by Crippen LogP contribution is -2.28. The van der Waals surface area contributed by atoms with Gasteiger partial charge in [0.1, 0.15) is 11.4 Å². The number of amides is 1. The van der Waals surface area contributed by atoms with E-state index >= 15 is 0 Å². The Morgan fingerprint density at radius 3 is 2.68 bits per heavy atom. The van der Waals surface area contributed by atoms with Crippen LogP contribution in [0.15, 0.2) is 35.1 Å². The van der Waals surface area contributed by atoms with Crippen molar-refractivity contribution in [2.75, 3.05) is 13.7 Å². The van der Waals surface area contributed by atoms with Gasteiger partial charge >= 0.3 is 5.69 Å². The van der Waals surface area contributed by atoms with Crippen LogP contribution in [0.1, 0.15) is 30.3 Å². The van der Waals surface area contributed by atoms with Gasteiger partial charge in [0, 0.05) is 12.1 Å². The molecule has 1 amide bonds. The van der Waals surface area contributed by atoms with E-state index in [1.807, 2.05) is 6.92 Å². The normalized spacial score (nSPS) is 10.3. The molecule has 0 unspecified atom stereocenters. The van der Waals surface area contributed by atoms with Crippen molar-refractivity contribution in [1.29, 1.82) is 0 Å². The number of unbranched alkanes of at least 4 members (excludes halogenated alkanes) is 1. The smallest absolute Gasteiger partial charge is 0.346 e. The van der Waals surface area contributed by atoms with Crippen LogP contribution in [0.5, 0.6) is 5.75 Å². The third-order valence-corrected chi connectivity index (χ3v) is 3.19. The van der Waals surface area contributed by atoms with Gasteiger partial charge in [0.15, 0.2) is 0 Å². The minimum atomic E-state index is -0.547. The van der Waals surface area contributed by atoms with Gasteiger partial charge in [-0.2, -0.15) is 4.98 Å². The van der Waals surface area contributed by atoms with Crippen molar-refractivity contribution in [3.05, 3.63) is 46.5 Å². The molecule has 0 aliphatic heterocycles. The summed E-state index contributed by atoms with van der Waals surface area (Å²) in [5.74, 6) is 0.411. The second kappa shape index (κ2) is 7.40. The topological polar surface area (TPSA) is 84.1 Å². The molecule has 1 aromatic heterocycles. The monoisotopic (exact) mass is 301 g/mol. The maximum absolute atomic E-state index is 12.0. The molecular weight excluding hydrogens is 282 g/mol. The van der Waals surface area contributed by atoms with Crippen LogP contribution < -0.4 is 15.7 Å². The molecule has 2 aromatic rings. The van der Waals surface area contributed by atoms with Crippen molar-refractivity contribution in [1.82, 2.24) is 15.3 Å². The van der Waals surface area contributed by atoms with E-state index in [1.54, 1.807) is 37.4 Å². The number of carbonyl (C=O) groups excluding carboxylic acids is 1. The number of nitrogens with one attached hydrogen (secondary N) is 2. The highest BCUT2D eigenvalue weighted by molar-refractivity contribution is 5.93. The number of hydrogen-bond donors (Lipinski definition) is 2. The Labute approximate surface area is 128 Å². The lowest BCUT2D eigenvalue weighted by atomic mass is 10.1. The molecule has 22 heavy (non-hydrogen) atoms. The molecule has 6 heteroatoms. The number of nitrogens with zero attached hydrogens (tertiary/aromatic N) is 1. The zero-order chi connectivity index (χ0) is 15.9. The van der Waals surface area contributed by atoms with Gasteiger partial charge in [0.2, 0.25) is 0 Å². The summed E-state index contributed by atoms with van der Waals surface area (Å²) in [6.45, 7) is 2.62. The molecule has 1 heterocycles. The maximum Gasteiger partial charge on any atom is 0.346 e. The molecule has 0 spiro atoms. The van der Waals surface area contributed by atoms with E-state index in [-0.39, 0.29) is 11.6 Å². The van der Waals surface area contributed by atoms with Gasteiger partial charge in [-0.15, -0.1) is 0 Å². The van der Waals surface area contributed by atoms with Gasteiger partial charge in [-0.25, -0.2) is 4.79 Å². The SMILES string of the molecule is CCCCNC(=O)c1cc(-c2ccc(OC)cc2)nc(=O)[nH]1. The van der Waals surface area contributed by atoms with Crippen LogP contribution in [-0.2, 0) is 0 Å². The summed E-state index contributed by atoms with van der Waals surface area (Å²) in [6, 6.07) is 8.71. The third kappa shape index (κ3) is 3.94. The van der Waals surface area contributed by atoms with Crippen molar-refractivity contribution in [2.45, 2.75) is 19.8 Å². The van der Waals surface area contributed by atoms with Crippen LogP contribution in [0, 0.1) is 0 Å². The second-order valence-corrected chi connectivity index (χ2v) is 4.82. The van der Waals surface area contributed by atoms with Crippen LogP contribution >= 0.6 is 0 Å². The summed E-state index contributed by atoms with van der Waals surface area (Å²) in [5, 5.41) is 2.77. The number of carbonyl (C=O) groups is 1. The van der Waals surface area contributed by atoms with Crippen LogP contribution in [0.4, 0.5) is 0 Å². The molecule has 0 atom stereocenters. The molecule has 6 nitrogen and oxygen atoms in total. The Bertz CT molecular complexity index is 693. The van der Waals surface area contributed by atoms with Crippen molar-refractivity contribution < 1.29 is 9.53 Å². The number of aromatic nitrogens is 2. The number of benzene rings is 1. The van der Waals surface area contributed by atoms with E-state index in [1.165, 1.54) is 0 Å². The fraction of sp³-hybridized carbons (Fsp3) is 0.312. The average Bonchev–Trinajstić information content (AvgIpc) is 2.54. The van der Waals surface area contributed by atoms with E-state index in [9.17, 15) is 9.59 Å². The van der Waals surface area contributed by atoms with Gasteiger partial charge in [-0.1, -0.05) is 13.3 Å². The van der Waals surface area contributed by atoms with Crippen LogP contribution in [0.3, 0.4) is 0 Å².